The van der Waals surface area contributed by atoms with E-state index < -0.39 is 0 Å². The summed E-state index contributed by atoms with van der Waals surface area (Å²) in [6.45, 7) is 0. The third kappa shape index (κ3) is 2.85. The predicted molar refractivity (Wildman–Crippen MR) is 76.2 cm³/mol. The highest BCUT2D eigenvalue weighted by molar-refractivity contribution is 6.32. The monoisotopic (exact) mass is 287 g/mol. The molecule has 20 heavy (non-hydrogen) atoms. The molecule has 0 saturated carbocycles. The van der Waals surface area contributed by atoms with E-state index in [9.17, 15) is 4.79 Å². The van der Waals surface area contributed by atoms with Crippen LogP contribution in [0, 0.1) is 11.3 Å². The van der Waals surface area contributed by atoms with Crippen LogP contribution < -0.4 is 16.6 Å². The maximum atomic E-state index is 12.1. The summed E-state index contributed by atoms with van der Waals surface area (Å²) >= 11 is 5.90. The average molecular weight is 288 g/mol. The van der Waals surface area contributed by atoms with Gasteiger partial charge < -0.3 is 10.7 Å². The third-order valence-electron chi connectivity index (χ3n) is 2.57. The van der Waals surface area contributed by atoms with Gasteiger partial charge >= 0.3 is 0 Å². The normalized spacial score (nSPS) is 9.65. The predicted octanol–water partition coefficient (Wildman–Crippen LogP) is 2.14. The van der Waals surface area contributed by atoms with Gasteiger partial charge in [-0.1, -0.05) is 11.6 Å². The summed E-state index contributed by atoms with van der Waals surface area (Å²) in [4.78, 5) is 16.0. The van der Waals surface area contributed by atoms with Crippen LogP contribution in [-0.4, -0.2) is 10.9 Å². The number of nitriles is 1. The van der Waals surface area contributed by atoms with Crippen molar-refractivity contribution in [1.82, 2.24) is 4.98 Å². The molecule has 1 amide bonds. The number of hydrazine groups is 1. The molecule has 2 rings (SSSR count). The Kier molecular flexibility index (Phi) is 4.15. The first-order valence-electron chi connectivity index (χ1n) is 5.57. The lowest BCUT2D eigenvalue weighted by molar-refractivity contribution is 0.102. The molecule has 6 nitrogen and oxygen atoms in total. The van der Waals surface area contributed by atoms with E-state index in [1.54, 1.807) is 12.1 Å². The highest BCUT2D eigenvalue weighted by atomic mass is 35.5. The molecular formula is C13H10ClN5O. The van der Waals surface area contributed by atoms with Crippen molar-refractivity contribution in [3.05, 3.63) is 52.8 Å². The minimum Gasteiger partial charge on any atom is -0.323 e. The number of nitrogens with zero attached hydrogens (tertiary/aromatic N) is 2. The van der Waals surface area contributed by atoms with Crippen molar-refractivity contribution in [3.63, 3.8) is 0 Å². The first-order chi connectivity index (χ1) is 9.65. The molecule has 2 aromatic rings. The van der Waals surface area contributed by atoms with Crippen molar-refractivity contribution in [1.29, 1.82) is 5.26 Å². The zero-order valence-electron chi connectivity index (χ0n) is 10.2. The molecule has 100 valence electrons. The summed E-state index contributed by atoms with van der Waals surface area (Å²) in [6, 6.07) is 8.15. The van der Waals surface area contributed by atoms with Gasteiger partial charge in [0.1, 0.15) is 6.07 Å². The van der Waals surface area contributed by atoms with Gasteiger partial charge in [0.15, 0.2) is 0 Å². The van der Waals surface area contributed by atoms with Gasteiger partial charge in [0.25, 0.3) is 5.91 Å². The van der Waals surface area contributed by atoms with Gasteiger partial charge in [-0.25, -0.2) is 0 Å². The van der Waals surface area contributed by atoms with Crippen LogP contribution in [0.5, 0.6) is 0 Å². The quantitative estimate of drug-likeness (QED) is 0.593. The summed E-state index contributed by atoms with van der Waals surface area (Å²) in [7, 11) is 0. The lowest BCUT2D eigenvalue weighted by Crippen LogP contribution is -2.17. The van der Waals surface area contributed by atoms with Crippen LogP contribution in [0.4, 0.5) is 11.4 Å². The molecule has 0 unspecified atom stereocenters. The Morgan fingerprint density at radius 1 is 1.40 bits per heavy atom. The average Bonchev–Trinajstić information content (AvgIpc) is 2.47. The van der Waals surface area contributed by atoms with E-state index in [1.165, 1.54) is 24.5 Å². The molecule has 0 aliphatic carbocycles. The van der Waals surface area contributed by atoms with Crippen LogP contribution in [0.1, 0.15) is 15.9 Å². The standard InChI is InChI=1S/C13H10ClN5O/c14-11-5-9(2-1-8(11)6-15)18-13(20)10-7-17-4-3-12(10)19-16/h1-5,7H,16H2,(H,17,19)(H,18,20). The number of nitrogen functional groups attached to an aromatic ring is 1. The fraction of sp³-hybridized carbons (Fsp3) is 0. The van der Waals surface area contributed by atoms with Crippen LogP contribution in [0.2, 0.25) is 5.02 Å². The number of pyridine rings is 1. The van der Waals surface area contributed by atoms with Gasteiger partial charge in [-0.05, 0) is 24.3 Å². The summed E-state index contributed by atoms with van der Waals surface area (Å²) in [6.07, 6.45) is 2.92. The van der Waals surface area contributed by atoms with Crippen LogP contribution in [0.25, 0.3) is 0 Å². The number of anilines is 2. The Morgan fingerprint density at radius 2 is 2.20 bits per heavy atom. The van der Waals surface area contributed by atoms with Crippen molar-refractivity contribution in [2.75, 3.05) is 10.7 Å². The Labute approximate surface area is 120 Å². The lowest BCUT2D eigenvalue weighted by Gasteiger charge is -2.09. The summed E-state index contributed by atoms with van der Waals surface area (Å²) in [5, 5.41) is 11.7. The largest absolute Gasteiger partial charge is 0.323 e. The Bertz CT molecular complexity index is 695. The van der Waals surface area contributed by atoms with Crippen LogP contribution in [0.15, 0.2) is 36.7 Å². The molecule has 1 aromatic carbocycles. The molecule has 0 atom stereocenters. The van der Waals surface area contributed by atoms with Crippen LogP contribution in [-0.2, 0) is 0 Å². The van der Waals surface area contributed by atoms with Gasteiger partial charge in [0.2, 0.25) is 0 Å². The highest BCUT2D eigenvalue weighted by Crippen LogP contribution is 2.21. The minimum atomic E-state index is -0.383. The number of nitrogens with one attached hydrogen (secondary N) is 2. The number of carbonyl (C=O) groups excluding carboxylic acids is 1. The minimum absolute atomic E-state index is 0.272. The van der Waals surface area contributed by atoms with E-state index in [4.69, 9.17) is 22.7 Å². The maximum Gasteiger partial charge on any atom is 0.259 e. The van der Waals surface area contributed by atoms with E-state index in [1.807, 2.05) is 6.07 Å². The number of rotatable bonds is 3. The van der Waals surface area contributed by atoms with Gasteiger partial charge in [-0.3, -0.25) is 15.6 Å². The van der Waals surface area contributed by atoms with Crippen molar-refractivity contribution < 1.29 is 4.79 Å². The molecule has 0 bridgehead atoms. The fourth-order valence-corrected chi connectivity index (χ4v) is 1.81. The van der Waals surface area contributed by atoms with Crippen molar-refractivity contribution in [2.45, 2.75) is 0 Å². The smallest absolute Gasteiger partial charge is 0.259 e. The van der Waals surface area contributed by atoms with E-state index in [2.05, 4.69) is 15.7 Å². The number of nitrogens with two attached hydrogens (primary N) is 1. The Morgan fingerprint density at radius 3 is 2.85 bits per heavy atom. The first-order valence-corrected chi connectivity index (χ1v) is 5.95. The van der Waals surface area contributed by atoms with Crippen molar-refractivity contribution >= 4 is 28.9 Å². The summed E-state index contributed by atoms with van der Waals surface area (Å²) < 4.78 is 0. The highest BCUT2D eigenvalue weighted by Gasteiger charge is 2.12. The van der Waals surface area contributed by atoms with E-state index in [-0.39, 0.29) is 10.9 Å². The molecule has 4 N–H and O–H groups in total. The van der Waals surface area contributed by atoms with Gasteiger partial charge in [-0.2, -0.15) is 5.26 Å². The van der Waals surface area contributed by atoms with Gasteiger partial charge in [0, 0.05) is 18.1 Å². The number of benzene rings is 1. The van der Waals surface area contributed by atoms with Crippen molar-refractivity contribution in [2.24, 2.45) is 5.84 Å². The molecule has 1 heterocycles. The molecular weight excluding hydrogens is 278 g/mol. The molecule has 0 fully saturated rings. The van der Waals surface area contributed by atoms with Gasteiger partial charge in [0.05, 0.1) is 21.8 Å². The lowest BCUT2D eigenvalue weighted by atomic mass is 10.2. The topological polar surface area (TPSA) is 104 Å². The number of hydrogen-bond acceptors (Lipinski definition) is 5. The Balaban J connectivity index is 2.24. The summed E-state index contributed by atoms with van der Waals surface area (Å²) in [5.41, 5.74) is 4.00. The molecule has 1 aromatic heterocycles. The molecule has 0 aliphatic heterocycles. The van der Waals surface area contributed by atoms with Crippen LogP contribution in [0.3, 0.4) is 0 Å². The van der Waals surface area contributed by atoms with Crippen molar-refractivity contribution in [3.8, 4) is 6.07 Å². The molecule has 0 spiro atoms. The first kappa shape index (κ1) is 13.8. The second kappa shape index (κ2) is 6.02. The number of amides is 1. The summed E-state index contributed by atoms with van der Waals surface area (Å²) in [5.74, 6) is 4.95. The zero-order valence-corrected chi connectivity index (χ0v) is 11.0. The number of aromatic nitrogens is 1. The number of carbonyl (C=O) groups is 1. The third-order valence-corrected chi connectivity index (χ3v) is 2.88. The zero-order chi connectivity index (χ0) is 14.5. The van der Waals surface area contributed by atoms with E-state index in [0.29, 0.717) is 22.5 Å². The fourth-order valence-electron chi connectivity index (χ4n) is 1.58. The van der Waals surface area contributed by atoms with Gasteiger partial charge in [-0.15, -0.1) is 0 Å². The van der Waals surface area contributed by atoms with E-state index in [0.717, 1.165) is 0 Å². The molecule has 0 radical (unpaired) electrons. The van der Waals surface area contributed by atoms with E-state index >= 15 is 0 Å². The number of halogens is 1. The second-order valence-electron chi connectivity index (χ2n) is 3.83. The van der Waals surface area contributed by atoms with Crippen LogP contribution >= 0.6 is 11.6 Å². The maximum absolute atomic E-state index is 12.1. The molecule has 0 aliphatic rings. The molecule has 0 saturated heterocycles. The molecule has 7 heteroatoms. The second-order valence-corrected chi connectivity index (χ2v) is 4.23. The number of hydrogen-bond donors (Lipinski definition) is 3. The Hall–Kier alpha value is -2.62. The SMILES string of the molecule is N#Cc1ccc(NC(=O)c2cnccc2NN)cc1Cl.